The summed E-state index contributed by atoms with van der Waals surface area (Å²) in [5.41, 5.74) is 5.24. The quantitative estimate of drug-likeness (QED) is 0.818. The molecule has 0 aliphatic heterocycles. The topological polar surface area (TPSA) is 70.0 Å². The van der Waals surface area contributed by atoms with Crippen molar-refractivity contribution in [2.45, 2.75) is 13.1 Å². The van der Waals surface area contributed by atoms with Gasteiger partial charge in [0.1, 0.15) is 0 Å². The summed E-state index contributed by atoms with van der Waals surface area (Å²) in [5, 5.41) is 0.631. The van der Waals surface area contributed by atoms with Crippen molar-refractivity contribution in [3.63, 3.8) is 0 Å². The van der Waals surface area contributed by atoms with E-state index < -0.39 is 17.4 Å². The monoisotopic (exact) mass is 253 g/mol. The molecule has 2 N–H and O–H groups in total. The van der Waals surface area contributed by atoms with Crippen LogP contribution in [0.2, 0.25) is 5.02 Å². The number of aromatic nitrogens is 2. The van der Waals surface area contributed by atoms with E-state index in [0.717, 1.165) is 4.57 Å². The van der Waals surface area contributed by atoms with Gasteiger partial charge in [0.05, 0.1) is 22.1 Å². The Bertz CT molecular complexity index is 700. The van der Waals surface area contributed by atoms with Crippen LogP contribution in [0.5, 0.6) is 0 Å². The number of hydrogen-bond donors (Lipinski definition) is 1. The fourth-order valence-electron chi connectivity index (χ4n) is 1.84. The first-order chi connectivity index (χ1) is 7.95. The molecular formula is C11H12ClN3O2. The van der Waals surface area contributed by atoms with Crippen LogP contribution in [-0.4, -0.2) is 9.13 Å². The fourth-order valence-corrected chi connectivity index (χ4v) is 2.09. The van der Waals surface area contributed by atoms with Crippen molar-refractivity contribution in [2.75, 3.05) is 0 Å². The highest BCUT2D eigenvalue weighted by atomic mass is 35.5. The molecule has 6 heteroatoms. The van der Waals surface area contributed by atoms with Crippen LogP contribution in [0.3, 0.4) is 0 Å². The molecule has 0 saturated heterocycles. The molecule has 5 nitrogen and oxygen atoms in total. The molecule has 1 atom stereocenters. The van der Waals surface area contributed by atoms with Gasteiger partial charge in [-0.2, -0.15) is 0 Å². The number of nitrogens with zero attached hydrogens (tertiary/aromatic N) is 2. The van der Waals surface area contributed by atoms with Gasteiger partial charge in [-0.3, -0.25) is 9.36 Å². The maximum absolute atomic E-state index is 12.1. The van der Waals surface area contributed by atoms with Gasteiger partial charge >= 0.3 is 5.69 Å². The third kappa shape index (κ3) is 1.67. The third-order valence-corrected chi connectivity index (χ3v) is 3.00. The maximum atomic E-state index is 12.1. The minimum Gasteiger partial charge on any atom is -0.311 e. The first-order valence-corrected chi connectivity index (χ1v) is 5.48. The normalized spacial score (nSPS) is 12.9. The largest absolute Gasteiger partial charge is 0.332 e. The van der Waals surface area contributed by atoms with Crippen molar-refractivity contribution in [3.05, 3.63) is 44.1 Å². The lowest BCUT2D eigenvalue weighted by Gasteiger charge is -2.13. The molecule has 1 aromatic carbocycles. The molecule has 0 aliphatic rings. The first kappa shape index (κ1) is 11.9. The average Bonchev–Trinajstić information content (AvgIpc) is 2.25. The second-order valence-corrected chi connectivity index (χ2v) is 4.30. The van der Waals surface area contributed by atoms with E-state index in [1.807, 2.05) is 0 Å². The van der Waals surface area contributed by atoms with Gasteiger partial charge in [0.25, 0.3) is 5.56 Å². The summed E-state index contributed by atoms with van der Waals surface area (Å²) in [6.45, 7) is 1.57. The van der Waals surface area contributed by atoms with E-state index in [4.69, 9.17) is 17.3 Å². The highest BCUT2D eigenvalue weighted by Gasteiger charge is 2.14. The molecule has 0 saturated carbocycles. The minimum absolute atomic E-state index is 0.313. The van der Waals surface area contributed by atoms with Crippen molar-refractivity contribution >= 4 is 22.5 Å². The lowest BCUT2D eigenvalue weighted by Crippen LogP contribution is -2.43. The van der Waals surface area contributed by atoms with Crippen LogP contribution in [0.4, 0.5) is 0 Å². The van der Waals surface area contributed by atoms with E-state index in [9.17, 15) is 9.59 Å². The summed E-state index contributed by atoms with van der Waals surface area (Å²) in [7, 11) is 1.58. The second kappa shape index (κ2) is 4.01. The summed E-state index contributed by atoms with van der Waals surface area (Å²) >= 11 is 5.99. The number of aryl methyl sites for hydroxylation is 1. The Hall–Kier alpha value is -1.59. The summed E-state index contributed by atoms with van der Waals surface area (Å²) in [6.07, 6.45) is -0.693. The number of hydrogen-bond acceptors (Lipinski definition) is 3. The Labute approximate surface area is 102 Å². The van der Waals surface area contributed by atoms with Crippen LogP contribution in [0.25, 0.3) is 10.9 Å². The van der Waals surface area contributed by atoms with E-state index >= 15 is 0 Å². The van der Waals surface area contributed by atoms with Crippen LogP contribution in [0.1, 0.15) is 13.1 Å². The molecule has 90 valence electrons. The Morgan fingerprint density at radius 1 is 1.35 bits per heavy atom. The van der Waals surface area contributed by atoms with Gasteiger partial charge in [-0.1, -0.05) is 17.7 Å². The third-order valence-electron chi connectivity index (χ3n) is 2.69. The molecule has 2 aromatic rings. The first-order valence-electron chi connectivity index (χ1n) is 5.10. The zero-order chi connectivity index (χ0) is 12.7. The van der Waals surface area contributed by atoms with Gasteiger partial charge in [0, 0.05) is 7.05 Å². The van der Waals surface area contributed by atoms with Crippen LogP contribution >= 0.6 is 11.6 Å². The van der Waals surface area contributed by atoms with Crippen molar-refractivity contribution in [3.8, 4) is 0 Å². The van der Waals surface area contributed by atoms with E-state index in [-0.39, 0.29) is 0 Å². The van der Waals surface area contributed by atoms with Crippen molar-refractivity contribution < 1.29 is 0 Å². The maximum Gasteiger partial charge on any atom is 0.332 e. The predicted octanol–water partition coefficient (Wildman–Crippen LogP) is 0.831. The Morgan fingerprint density at radius 3 is 2.59 bits per heavy atom. The molecule has 0 spiro atoms. The van der Waals surface area contributed by atoms with Gasteiger partial charge in [0.15, 0.2) is 0 Å². The summed E-state index contributed by atoms with van der Waals surface area (Å²) < 4.78 is 2.36. The van der Waals surface area contributed by atoms with Gasteiger partial charge in [-0.05, 0) is 19.1 Å². The molecule has 1 heterocycles. The van der Waals surface area contributed by atoms with E-state index in [1.165, 1.54) is 4.57 Å². The average molecular weight is 254 g/mol. The smallest absolute Gasteiger partial charge is 0.311 e. The lowest BCUT2D eigenvalue weighted by atomic mass is 10.2. The molecule has 1 aromatic heterocycles. The second-order valence-electron chi connectivity index (χ2n) is 3.89. The lowest BCUT2D eigenvalue weighted by molar-refractivity contribution is 0.511. The summed E-state index contributed by atoms with van der Waals surface area (Å²) in [4.78, 5) is 24.1. The Kier molecular flexibility index (Phi) is 2.81. The van der Waals surface area contributed by atoms with E-state index in [2.05, 4.69) is 0 Å². The van der Waals surface area contributed by atoms with Gasteiger partial charge < -0.3 is 5.73 Å². The zero-order valence-corrected chi connectivity index (χ0v) is 10.2. The molecule has 1 unspecified atom stereocenters. The number of nitrogens with two attached hydrogens (primary N) is 1. The minimum atomic E-state index is -0.693. The van der Waals surface area contributed by atoms with Crippen molar-refractivity contribution in [2.24, 2.45) is 12.8 Å². The molecule has 0 radical (unpaired) electrons. The zero-order valence-electron chi connectivity index (χ0n) is 9.48. The number of fused-ring (bicyclic) bond motifs is 1. The summed E-state index contributed by atoms with van der Waals surface area (Å²) in [5.74, 6) is 0. The fraction of sp³-hybridized carbons (Fsp3) is 0.273. The van der Waals surface area contributed by atoms with Crippen molar-refractivity contribution in [1.29, 1.82) is 0 Å². The molecular weight excluding hydrogens is 242 g/mol. The van der Waals surface area contributed by atoms with Crippen LogP contribution in [-0.2, 0) is 7.05 Å². The summed E-state index contributed by atoms with van der Waals surface area (Å²) in [6, 6.07) is 4.98. The number of halogens is 1. The molecule has 0 fully saturated rings. The molecule has 17 heavy (non-hydrogen) atoms. The van der Waals surface area contributed by atoms with Gasteiger partial charge in [-0.25, -0.2) is 9.36 Å². The molecule has 0 bridgehead atoms. The van der Waals surface area contributed by atoms with E-state index in [1.54, 1.807) is 32.2 Å². The van der Waals surface area contributed by atoms with Crippen LogP contribution < -0.4 is 17.0 Å². The van der Waals surface area contributed by atoms with Crippen molar-refractivity contribution in [1.82, 2.24) is 9.13 Å². The molecule has 0 amide bonds. The Morgan fingerprint density at radius 2 is 2.00 bits per heavy atom. The predicted molar refractivity (Wildman–Crippen MR) is 67.4 cm³/mol. The SMILES string of the molecule is CC(N)n1c(=O)c2c(Cl)cccc2n(C)c1=O. The van der Waals surface area contributed by atoms with Gasteiger partial charge in [-0.15, -0.1) is 0 Å². The van der Waals surface area contributed by atoms with Crippen LogP contribution in [0.15, 0.2) is 27.8 Å². The van der Waals surface area contributed by atoms with Crippen LogP contribution in [0, 0.1) is 0 Å². The number of rotatable bonds is 1. The van der Waals surface area contributed by atoms with Gasteiger partial charge in [0.2, 0.25) is 0 Å². The molecule has 2 rings (SSSR count). The molecule has 0 aliphatic carbocycles. The van der Waals surface area contributed by atoms with E-state index in [0.29, 0.717) is 15.9 Å². The Balaban J connectivity index is 3.13. The highest BCUT2D eigenvalue weighted by Crippen LogP contribution is 2.18. The number of benzene rings is 1. The highest BCUT2D eigenvalue weighted by molar-refractivity contribution is 6.35. The standard InChI is InChI=1S/C11H12ClN3O2/c1-6(13)15-10(16)9-7(12)4-3-5-8(9)14(2)11(15)17/h3-6H,13H2,1-2H3.